The van der Waals surface area contributed by atoms with E-state index >= 15 is 0 Å². The molecular formula is C30H20N2O5. The number of methoxy groups -OCH3 is 1. The molecule has 7 nitrogen and oxygen atoms in total. The Morgan fingerprint density at radius 3 is 2.68 bits per heavy atom. The van der Waals surface area contributed by atoms with Gasteiger partial charge in [0.2, 0.25) is 0 Å². The lowest BCUT2D eigenvalue weighted by Crippen LogP contribution is -2.20. The molecule has 0 saturated heterocycles. The number of ether oxygens (including phenoxy) is 2. The summed E-state index contributed by atoms with van der Waals surface area (Å²) in [5.74, 6) is 9.42. The summed E-state index contributed by atoms with van der Waals surface area (Å²) >= 11 is 0. The first-order chi connectivity index (χ1) is 18.0. The SMILES string of the molecule is C#C/C=C1/Oc2ccc3cc(N=O)ccc3c2C(c2cc(C)c(O)c(OC)c2)/C1=C1\C#CC(N=O)=CC1. The number of aromatic hydroxyl groups is 1. The summed E-state index contributed by atoms with van der Waals surface area (Å²) in [6, 6.07) is 12.6. The molecule has 3 aromatic rings. The van der Waals surface area contributed by atoms with Gasteiger partial charge in [-0.3, -0.25) is 0 Å². The molecule has 0 amide bonds. The largest absolute Gasteiger partial charge is 0.504 e. The van der Waals surface area contributed by atoms with Gasteiger partial charge in [-0.15, -0.1) is 16.2 Å². The first-order valence-corrected chi connectivity index (χ1v) is 11.4. The van der Waals surface area contributed by atoms with Crippen molar-refractivity contribution in [2.45, 2.75) is 19.3 Å². The molecule has 1 aliphatic carbocycles. The number of phenolic OH excluding ortho intramolecular Hbond substituents is 1. The van der Waals surface area contributed by atoms with Gasteiger partial charge >= 0.3 is 0 Å². The van der Waals surface area contributed by atoms with Gasteiger partial charge in [-0.05, 0) is 75.4 Å². The first-order valence-electron chi connectivity index (χ1n) is 11.4. The maximum absolute atomic E-state index is 11.2. The van der Waals surface area contributed by atoms with Crippen LogP contribution in [-0.2, 0) is 0 Å². The maximum atomic E-state index is 11.2. The molecule has 1 aliphatic heterocycles. The molecule has 0 saturated carbocycles. The normalized spacial score (nSPS) is 19.1. The molecule has 1 unspecified atom stereocenters. The summed E-state index contributed by atoms with van der Waals surface area (Å²) in [5, 5.41) is 18.2. The molecule has 0 spiro atoms. The van der Waals surface area contributed by atoms with Crippen LogP contribution in [0.3, 0.4) is 0 Å². The van der Waals surface area contributed by atoms with E-state index in [0.717, 1.165) is 33.0 Å². The summed E-state index contributed by atoms with van der Waals surface area (Å²) in [5.41, 5.74) is 4.22. The Bertz CT molecular complexity index is 1690. The van der Waals surface area contributed by atoms with E-state index in [1.54, 1.807) is 37.3 Å². The molecule has 37 heavy (non-hydrogen) atoms. The summed E-state index contributed by atoms with van der Waals surface area (Å²) in [6.45, 7) is 1.79. The highest BCUT2D eigenvalue weighted by molar-refractivity contribution is 5.92. The molecule has 0 aromatic heterocycles. The Hall–Kier alpha value is -5.14. The lowest BCUT2D eigenvalue weighted by molar-refractivity contribution is 0.370. The summed E-state index contributed by atoms with van der Waals surface area (Å²) < 4.78 is 11.8. The van der Waals surface area contributed by atoms with Crippen molar-refractivity contribution in [1.82, 2.24) is 0 Å². The van der Waals surface area contributed by atoms with Crippen LogP contribution in [0.1, 0.15) is 29.0 Å². The van der Waals surface area contributed by atoms with Crippen molar-refractivity contribution in [3.05, 3.63) is 104 Å². The van der Waals surface area contributed by atoms with Crippen LogP contribution >= 0.6 is 0 Å². The number of phenols is 1. The van der Waals surface area contributed by atoms with Crippen LogP contribution in [-0.4, -0.2) is 12.2 Å². The fraction of sp³-hybridized carbons (Fsp3) is 0.133. The van der Waals surface area contributed by atoms with Crippen molar-refractivity contribution >= 4 is 16.5 Å². The topological polar surface area (TPSA) is 97.6 Å². The second kappa shape index (κ2) is 9.49. The molecule has 2 aliphatic rings. The third kappa shape index (κ3) is 4.03. The van der Waals surface area contributed by atoms with E-state index in [2.05, 4.69) is 28.1 Å². The van der Waals surface area contributed by atoms with E-state index < -0.39 is 5.92 Å². The number of hydrogen-bond donors (Lipinski definition) is 1. The second-order valence-electron chi connectivity index (χ2n) is 8.60. The van der Waals surface area contributed by atoms with Crippen LogP contribution in [0.15, 0.2) is 87.6 Å². The zero-order valence-corrected chi connectivity index (χ0v) is 20.0. The Labute approximate surface area is 213 Å². The molecule has 1 heterocycles. The van der Waals surface area contributed by atoms with Gasteiger partial charge < -0.3 is 14.6 Å². The van der Waals surface area contributed by atoms with Crippen LogP contribution in [0.4, 0.5) is 5.69 Å². The van der Waals surface area contributed by atoms with Crippen LogP contribution in [0, 0.1) is 40.9 Å². The van der Waals surface area contributed by atoms with Crippen molar-refractivity contribution < 1.29 is 14.6 Å². The Morgan fingerprint density at radius 2 is 2.00 bits per heavy atom. The lowest BCUT2D eigenvalue weighted by Gasteiger charge is -2.33. The molecule has 3 aromatic carbocycles. The molecule has 1 N–H and O–H groups in total. The maximum Gasteiger partial charge on any atom is 0.161 e. The number of hydrogen-bond acceptors (Lipinski definition) is 7. The van der Waals surface area contributed by atoms with Crippen molar-refractivity contribution in [2.75, 3.05) is 7.11 Å². The van der Waals surface area contributed by atoms with Gasteiger partial charge in [-0.25, -0.2) is 0 Å². The molecule has 0 fully saturated rings. The summed E-state index contributed by atoms with van der Waals surface area (Å²) in [4.78, 5) is 22.2. The van der Waals surface area contributed by atoms with Crippen molar-refractivity contribution in [3.63, 3.8) is 0 Å². The minimum absolute atomic E-state index is 0.0498. The zero-order chi connectivity index (χ0) is 26.1. The third-order valence-electron chi connectivity index (χ3n) is 6.49. The minimum Gasteiger partial charge on any atom is -0.504 e. The van der Waals surface area contributed by atoms with E-state index in [4.69, 9.17) is 15.9 Å². The Kier molecular flexibility index (Phi) is 6.05. The third-order valence-corrected chi connectivity index (χ3v) is 6.49. The average molecular weight is 488 g/mol. The quantitative estimate of drug-likeness (QED) is 0.327. The number of fused-ring (bicyclic) bond motifs is 3. The number of allylic oxidation sites excluding steroid dienone is 5. The van der Waals surface area contributed by atoms with Gasteiger partial charge in [0.1, 0.15) is 17.2 Å². The van der Waals surface area contributed by atoms with Crippen LogP contribution < -0.4 is 9.47 Å². The monoisotopic (exact) mass is 488 g/mol. The average Bonchev–Trinajstić information content (AvgIpc) is 2.93. The lowest BCUT2D eigenvalue weighted by atomic mass is 9.76. The van der Waals surface area contributed by atoms with E-state index in [1.807, 2.05) is 24.3 Å². The number of nitroso groups, excluding NO2 is 2. The Morgan fingerprint density at radius 1 is 1.16 bits per heavy atom. The fourth-order valence-corrected chi connectivity index (χ4v) is 4.84. The molecule has 0 radical (unpaired) electrons. The molecule has 5 rings (SSSR count). The standard InChI is InChI=1S/C30H20N2O5/c1-4-5-24-27(18-6-9-21(31-34)10-7-18)28(20-14-17(2)30(33)26(16-20)36-3)29-23-12-11-22(32-35)15-19(23)8-13-25(29)37-24/h1,5,8-9,11-16,28,33H,6H2,2-3H3/b24-5+,27-18-. The molecule has 7 heteroatoms. The van der Waals surface area contributed by atoms with Crippen molar-refractivity contribution in [3.8, 4) is 41.4 Å². The minimum atomic E-state index is -0.432. The smallest absolute Gasteiger partial charge is 0.161 e. The highest BCUT2D eigenvalue weighted by Gasteiger charge is 2.35. The predicted octanol–water partition coefficient (Wildman–Crippen LogP) is 6.66. The number of aryl methyl sites for hydroxylation is 1. The van der Waals surface area contributed by atoms with Crippen molar-refractivity contribution in [2.24, 2.45) is 10.4 Å². The second-order valence-corrected chi connectivity index (χ2v) is 8.60. The number of rotatable bonds is 4. The summed E-state index contributed by atoms with van der Waals surface area (Å²) in [7, 11) is 1.49. The highest BCUT2D eigenvalue weighted by atomic mass is 16.5. The van der Waals surface area contributed by atoms with E-state index in [-0.39, 0.29) is 11.4 Å². The van der Waals surface area contributed by atoms with Gasteiger partial charge in [0.15, 0.2) is 17.2 Å². The van der Waals surface area contributed by atoms with Gasteiger partial charge in [0, 0.05) is 35.1 Å². The van der Waals surface area contributed by atoms with E-state index in [9.17, 15) is 14.9 Å². The Balaban J connectivity index is 1.90. The molecule has 180 valence electrons. The van der Waals surface area contributed by atoms with Gasteiger partial charge in [-0.1, -0.05) is 30.0 Å². The highest BCUT2D eigenvalue weighted by Crippen LogP contribution is 2.51. The van der Waals surface area contributed by atoms with Gasteiger partial charge in [-0.2, -0.15) is 0 Å². The zero-order valence-electron chi connectivity index (χ0n) is 20.0. The first kappa shape index (κ1) is 23.6. The fourth-order valence-electron chi connectivity index (χ4n) is 4.84. The number of terminal acetylenes is 1. The van der Waals surface area contributed by atoms with Crippen LogP contribution in [0.5, 0.6) is 17.2 Å². The van der Waals surface area contributed by atoms with Crippen molar-refractivity contribution in [1.29, 1.82) is 0 Å². The molecule has 0 bridgehead atoms. The number of nitrogens with zero attached hydrogens (tertiary/aromatic N) is 2. The number of benzene rings is 3. The van der Waals surface area contributed by atoms with E-state index in [1.165, 1.54) is 7.11 Å². The molecule has 1 atom stereocenters. The summed E-state index contributed by atoms with van der Waals surface area (Å²) in [6.07, 6.45) is 9.26. The van der Waals surface area contributed by atoms with Crippen LogP contribution in [0.25, 0.3) is 10.8 Å². The van der Waals surface area contributed by atoms with E-state index in [0.29, 0.717) is 34.9 Å². The predicted molar refractivity (Wildman–Crippen MR) is 141 cm³/mol. The molecular weight excluding hydrogens is 468 g/mol. The van der Waals surface area contributed by atoms with Gasteiger partial charge in [0.05, 0.1) is 7.11 Å². The van der Waals surface area contributed by atoms with Gasteiger partial charge in [0.25, 0.3) is 0 Å². The van der Waals surface area contributed by atoms with Crippen LogP contribution in [0.2, 0.25) is 0 Å².